The lowest BCUT2D eigenvalue weighted by molar-refractivity contribution is -0.384. The molecule has 33 heavy (non-hydrogen) atoms. The third-order valence-corrected chi connectivity index (χ3v) is 4.29. The molecule has 0 saturated carbocycles. The lowest BCUT2D eigenvalue weighted by Gasteiger charge is -2.11. The van der Waals surface area contributed by atoms with Crippen molar-refractivity contribution in [3.8, 4) is 17.2 Å². The van der Waals surface area contributed by atoms with Crippen LogP contribution in [0, 0.1) is 10.1 Å². The monoisotopic (exact) mass is 454 g/mol. The number of para-hydroxylation sites is 2. The van der Waals surface area contributed by atoms with E-state index in [2.05, 4.69) is 10.4 Å². The number of nitro groups is 1. The maximum absolute atomic E-state index is 12.4. The van der Waals surface area contributed by atoms with Gasteiger partial charge in [-0.05, 0) is 38.1 Å². The number of esters is 1. The van der Waals surface area contributed by atoms with Crippen molar-refractivity contribution in [2.24, 2.45) is 0 Å². The standard InChI is InChI=1S/C22H22N4O7/c1-3-31-18-8-6-5-7-17(18)23-20(27)14-33-19-13-25(24-21(19)22(28)32-4-2)15-9-11-16(12-10-15)26(29)30/h5-13H,3-4,14H2,1-2H3,(H,23,27). The van der Waals surface area contributed by atoms with Crippen LogP contribution in [0.4, 0.5) is 11.4 Å². The number of aromatic nitrogens is 2. The first-order chi connectivity index (χ1) is 15.9. The number of benzene rings is 2. The Balaban J connectivity index is 1.77. The summed E-state index contributed by atoms with van der Waals surface area (Å²) in [4.78, 5) is 35.1. The van der Waals surface area contributed by atoms with Gasteiger partial charge in [-0.2, -0.15) is 5.10 Å². The van der Waals surface area contributed by atoms with Crippen LogP contribution in [0.25, 0.3) is 5.69 Å². The van der Waals surface area contributed by atoms with Crippen LogP contribution in [-0.4, -0.2) is 46.4 Å². The molecule has 1 amide bonds. The first-order valence-electron chi connectivity index (χ1n) is 10.1. The first-order valence-corrected chi connectivity index (χ1v) is 10.1. The fraction of sp³-hybridized carbons (Fsp3) is 0.227. The minimum Gasteiger partial charge on any atom is -0.492 e. The van der Waals surface area contributed by atoms with Crippen LogP contribution < -0.4 is 14.8 Å². The Morgan fingerprint density at radius 1 is 1.03 bits per heavy atom. The van der Waals surface area contributed by atoms with Gasteiger partial charge in [0.2, 0.25) is 5.69 Å². The van der Waals surface area contributed by atoms with Gasteiger partial charge in [-0.25, -0.2) is 9.48 Å². The van der Waals surface area contributed by atoms with Gasteiger partial charge in [0.05, 0.1) is 35.7 Å². The molecule has 0 aliphatic rings. The van der Waals surface area contributed by atoms with E-state index in [1.54, 1.807) is 31.2 Å². The number of amides is 1. The molecule has 1 heterocycles. The van der Waals surface area contributed by atoms with Crippen LogP contribution in [0.3, 0.4) is 0 Å². The van der Waals surface area contributed by atoms with Gasteiger partial charge in [-0.1, -0.05) is 12.1 Å². The summed E-state index contributed by atoms with van der Waals surface area (Å²) in [7, 11) is 0. The Labute approximate surface area is 189 Å². The average molecular weight is 454 g/mol. The number of carbonyl (C=O) groups is 2. The van der Waals surface area contributed by atoms with Crippen LogP contribution in [-0.2, 0) is 9.53 Å². The quantitative estimate of drug-likeness (QED) is 0.280. The molecule has 0 aliphatic heterocycles. The molecule has 11 heteroatoms. The minimum absolute atomic E-state index is 0.0278. The molecule has 0 saturated heterocycles. The van der Waals surface area contributed by atoms with Crippen LogP contribution in [0.1, 0.15) is 24.3 Å². The van der Waals surface area contributed by atoms with Gasteiger partial charge in [0, 0.05) is 12.1 Å². The van der Waals surface area contributed by atoms with E-state index in [1.165, 1.54) is 35.1 Å². The topological polar surface area (TPSA) is 135 Å². The number of hydrogen-bond donors (Lipinski definition) is 1. The maximum atomic E-state index is 12.4. The molecular weight excluding hydrogens is 432 g/mol. The van der Waals surface area contributed by atoms with Crippen LogP contribution in [0.2, 0.25) is 0 Å². The van der Waals surface area contributed by atoms with E-state index < -0.39 is 23.4 Å². The molecule has 0 spiro atoms. The molecule has 3 aromatic rings. The Kier molecular flexibility index (Phi) is 7.58. The number of carbonyl (C=O) groups excluding carboxylic acids is 2. The molecule has 0 radical (unpaired) electrons. The predicted molar refractivity (Wildman–Crippen MR) is 118 cm³/mol. The second-order valence-electron chi connectivity index (χ2n) is 6.55. The van der Waals surface area contributed by atoms with Crippen LogP contribution >= 0.6 is 0 Å². The molecule has 172 valence electrons. The van der Waals surface area contributed by atoms with Crippen molar-refractivity contribution in [3.63, 3.8) is 0 Å². The summed E-state index contributed by atoms with van der Waals surface area (Å²) in [5.74, 6) is -0.651. The van der Waals surface area contributed by atoms with E-state index in [4.69, 9.17) is 14.2 Å². The summed E-state index contributed by atoms with van der Waals surface area (Å²) >= 11 is 0. The number of nitrogens with one attached hydrogen (secondary N) is 1. The lowest BCUT2D eigenvalue weighted by atomic mass is 10.3. The van der Waals surface area contributed by atoms with Crippen molar-refractivity contribution >= 4 is 23.3 Å². The summed E-state index contributed by atoms with van der Waals surface area (Å²) in [5.41, 5.74) is 0.728. The summed E-state index contributed by atoms with van der Waals surface area (Å²) in [6.45, 7) is 3.64. The normalized spacial score (nSPS) is 10.4. The SMILES string of the molecule is CCOC(=O)c1nn(-c2ccc([N+](=O)[O-])cc2)cc1OCC(=O)Nc1ccccc1OCC. The van der Waals surface area contributed by atoms with E-state index in [-0.39, 0.29) is 23.7 Å². The van der Waals surface area contributed by atoms with E-state index >= 15 is 0 Å². The van der Waals surface area contributed by atoms with Crippen molar-refractivity contribution in [2.75, 3.05) is 25.1 Å². The molecule has 0 fully saturated rings. The Morgan fingerprint density at radius 3 is 2.42 bits per heavy atom. The fourth-order valence-corrected chi connectivity index (χ4v) is 2.84. The fourth-order valence-electron chi connectivity index (χ4n) is 2.84. The highest BCUT2D eigenvalue weighted by Gasteiger charge is 2.21. The maximum Gasteiger partial charge on any atom is 0.362 e. The summed E-state index contributed by atoms with van der Waals surface area (Å²) in [6, 6.07) is 12.5. The molecule has 0 bridgehead atoms. The van der Waals surface area contributed by atoms with E-state index in [9.17, 15) is 19.7 Å². The number of nitrogens with zero attached hydrogens (tertiary/aromatic N) is 3. The minimum atomic E-state index is -0.727. The highest BCUT2D eigenvalue weighted by Crippen LogP contribution is 2.25. The van der Waals surface area contributed by atoms with E-state index in [1.807, 2.05) is 6.92 Å². The van der Waals surface area contributed by atoms with Crippen LogP contribution in [0.15, 0.2) is 54.7 Å². The number of ether oxygens (including phenoxy) is 3. The molecule has 0 atom stereocenters. The highest BCUT2D eigenvalue weighted by atomic mass is 16.6. The Hall–Kier alpha value is -4.41. The molecule has 0 unspecified atom stereocenters. The van der Waals surface area contributed by atoms with Gasteiger partial charge in [-0.3, -0.25) is 14.9 Å². The van der Waals surface area contributed by atoms with Gasteiger partial charge in [-0.15, -0.1) is 0 Å². The van der Waals surface area contributed by atoms with Gasteiger partial charge in [0.15, 0.2) is 12.4 Å². The third kappa shape index (κ3) is 5.85. The largest absolute Gasteiger partial charge is 0.492 e. The second-order valence-corrected chi connectivity index (χ2v) is 6.55. The first kappa shape index (κ1) is 23.3. The zero-order valence-electron chi connectivity index (χ0n) is 18.0. The Morgan fingerprint density at radius 2 is 1.76 bits per heavy atom. The number of anilines is 1. The van der Waals surface area contributed by atoms with E-state index in [0.717, 1.165) is 0 Å². The number of non-ortho nitro benzene ring substituents is 1. The molecule has 1 N–H and O–H groups in total. The average Bonchev–Trinajstić information content (AvgIpc) is 3.24. The van der Waals surface area contributed by atoms with Gasteiger partial charge in [0.25, 0.3) is 11.6 Å². The van der Waals surface area contributed by atoms with Crippen molar-refractivity contribution < 1.29 is 28.7 Å². The third-order valence-electron chi connectivity index (χ3n) is 4.29. The summed E-state index contributed by atoms with van der Waals surface area (Å²) in [5, 5.41) is 17.7. The smallest absolute Gasteiger partial charge is 0.362 e. The Bertz CT molecular complexity index is 1140. The number of rotatable bonds is 10. The van der Waals surface area contributed by atoms with Gasteiger partial charge < -0.3 is 19.5 Å². The lowest BCUT2D eigenvalue weighted by Crippen LogP contribution is -2.21. The van der Waals surface area contributed by atoms with Gasteiger partial charge in [0.1, 0.15) is 5.75 Å². The van der Waals surface area contributed by atoms with Crippen molar-refractivity contribution in [1.82, 2.24) is 9.78 Å². The van der Waals surface area contributed by atoms with Gasteiger partial charge >= 0.3 is 5.97 Å². The summed E-state index contributed by atoms with van der Waals surface area (Å²) < 4.78 is 17.4. The van der Waals surface area contributed by atoms with Crippen molar-refractivity contribution in [1.29, 1.82) is 0 Å². The predicted octanol–water partition coefficient (Wildman–Crippen LogP) is 3.37. The zero-order chi connectivity index (χ0) is 23.8. The number of nitro benzene ring substituents is 1. The van der Waals surface area contributed by atoms with Crippen LogP contribution in [0.5, 0.6) is 11.5 Å². The molecule has 3 rings (SSSR count). The second kappa shape index (κ2) is 10.8. The highest BCUT2D eigenvalue weighted by molar-refractivity contribution is 5.94. The van der Waals surface area contributed by atoms with Crippen molar-refractivity contribution in [3.05, 3.63) is 70.5 Å². The summed E-state index contributed by atoms with van der Waals surface area (Å²) in [6.07, 6.45) is 1.40. The van der Waals surface area contributed by atoms with Crippen molar-refractivity contribution in [2.45, 2.75) is 13.8 Å². The number of hydrogen-bond acceptors (Lipinski definition) is 8. The molecular formula is C22H22N4O7. The molecule has 2 aromatic carbocycles. The van der Waals surface area contributed by atoms with E-state index in [0.29, 0.717) is 23.7 Å². The molecule has 0 aliphatic carbocycles. The zero-order valence-corrected chi connectivity index (χ0v) is 18.0. The molecule has 1 aromatic heterocycles. The molecule has 11 nitrogen and oxygen atoms in total.